The van der Waals surface area contributed by atoms with Crippen molar-refractivity contribution in [2.75, 3.05) is 11.1 Å². The highest BCUT2D eigenvalue weighted by Gasteiger charge is 2.10. The minimum absolute atomic E-state index is 0.340. The van der Waals surface area contributed by atoms with Gasteiger partial charge in [0.25, 0.3) is 5.91 Å². The molecule has 0 atom stereocenters. The van der Waals surface area contributed by atoms with Crippen molar-refractivity contribution in [3.8, 4) is 0 Å². The van der Waals surface area contributed by atoms with Gasteiger partial charge in [0, 0.05) is 17.1 Å². The Morgan fingerprint density at radius 3 is 2.24 bits per heavy atom. The number of primary amides is 1. The number of nitrogens with two attached hydrogens (primary N) is 2. The number of nitrogens with one attached hydrogen (secondary N) is 1. The van der Waals surface area contributed by atoms with E-state index in [4.69, 9.17) is 11.5 Å². The van der Waals surface area contributed by atoms with Crippen molar-refractivity contribution >= 4 is 23.0 Å². The van der Waals surface area contributed by atoms with Crippen LogP contribution in [0.3, 0.4) is 0 Å². The zero-order valence-corrected chi connectivity index (χ0v) is 12.4. The van der Waals surface area contributed by atoms with Crippen LogP contribution in [-0.4, -0.2) is 5.91 Å². The van der Waals surface area contributed by atoms with Crippen LogP contribution in [0.25, 0.3) is 0 Å². The molecule has 0 aromatic heterocycles. The Morgan fingerprint density at radius 2 is 1.71 bits per heavy atom. The maximum Gasteiger partial charge on any atom is 0.250 e. The van der Waals surface area contributed by atoms with Gasteiger partial charge in [-0.1, -0.05) is 32.0 Å². The van der Waals surface area contributed by atoms with Gasteiger partial charge in [0.2, 0.25) is 0 Å². The maximum atomic E-state index is 11.4. The van der Waals surface area contributed by atoms with Crippen LogP contribution in [-0.2, 0) is 12.8 Å². The van der Waals surface area contributed by atoms with Gasteiger partial charge in [0.05, 0.1) is 5.56 Å². The first-order chi connectivity index (χ1) is 10.1. The van der Waals surface area contributed by atoms with Crippen LogP contribution in [0.2, 0.25) is 0 Å². The molecule has 0 spiro atoms. The molecule has 110 valence electrons. The highest BCUT2D eigenvalue weighted by Crippen LogP contribution is 2.28. The minimum atomic E-state index is -0.518. The standard InChI is InChI=1S/C17H21N3O/c1-3-11-6-5-7-12(4-2)16(11)20-13-8-9-15(18)14(10-13)17(19)21/h5-10,20H,3-4,18H2,1-2H3,(H2,19,21). The average molecular weight is 283 g/mol. The van der Waals surface area contributed by atoms with Crippen LogP contribution in [0.1, 0.15) is 35.3 Å². The number of nitrogen functional groups attached to an aromatic ring is 1. The number of carbonyl (C=O) groups is 1. The van der Waals surface area contributed by atoms with Gasteiger partial charge in [0.1, 0.15) is 0 Å². The highest BCUT2D eigenvalue weighted by atomic mass is 16.1. The van der Waals surface area contributed by atoms with E-state index in [-0.39, 0.29) is 0 Å². The van der Waals surface area contributed by atoms with Gasteiger partial charge in [-0.05, 0) is 42.2 Å². The third-order valence-electron chi connectivity index (χ3n) is 3.59. The molecule has 0 fully saturated rings. The Balaban J connectivity index is 2.43. The Morgan fingerprint density at radius 1 is 1.10 bits per heavy atom. The number of anilines is 3. The molecule has 21 heavy (non-hydrogen) atoms. The van der Waals surface area contributed by atoms with Gasteiger partial charge < -0.3 is 16.8 Å². The van der Waals surface area contributed by atoms with E-state index in [0.29, 0.717) is 11.3 Å². The van der Waals surface area contributed by atoms with Crippen molar-refractivity contribution in [2.45, 2.75) is 26.7 Å². The third kappa shape index (κ3) is 3.16. The minimum Gasteiger partial charge on any atom is -0.398 e. The summed E-state index contributed by atoms with van der Waals surface area (Å²) in [5.74, 6) is -0.518. The van der Waals surface area contributed by atoms with E-state index < -0.39 is 5.91 Å². The van der Waals surface area contributed by atoms with Crippen molar-refractivity contribution in [1.82, 2.24) is 0 Å². The summed E-state index contributed by atoms with van der Waals surface area (Å²) in [6.07, 6.45) is 1.88. The van der Waals surface area contributed by atoms with Crippen LogP contribution in [0.4, 0.5) is 17.1 Å². The summed E-state index contributed by atoms with van der Waals surface area (Å²) < 4.78 is 0. The van der Waals surface area contributed by atoms with E-state index in [1.807, 2.05) is 6.07 Å². The van der Waals surface area contributed by atoms with Gasteiger partial charge in [-0.25, -0.2) is 0 Å². The SMILES string of the molecule is CCc1cccc(CC)c1Nc1ccc(N)c(C(N)=O)c1. The van der Waals surface area contributed by atoms with E-state index in [1.165, 1.54) is 11.1 Å². The van der Waals surface area contributed by atoms with Crippen LogP contribution >= 0.6 is 0 Å². The third-order valence-corrected chi connectivity index (χ3v) is 3.59. The van der Waals surface area contributed by atoms with E-state index in [1.54, 1.807) is 12.1 Å². The molecule has 0 unspecified atom stereocenters. The molecule has 0 saturated heterocycles. The lowest BCUT2D eigenvalue weighted by atomic mass is 10.0. The Hall–Kier alpha value is -2.49. The summed E-state index contributed by atoms with van der Waals surface area (Å²) >= 11 is 0. The smallest absolute Gasteiger partial charge is 0.250 e. The normalized spacial score (nSPS) is 10.4. The number of amides is 1. The Labute approximate surface area is 125 Å². The molecule has 4 nitrogen and oxygen atoms in total. The lowest BCUT2D eigenvalue weighted by Gasteiger charge is -2.16. The van der Waals surface area contributed by atoms with Gasteiger partial charge in [-0.15, -0.1) is 0 Å². The van der Waals surface area contributed by atoms with E-state index in [2.05, 4.69) is 37.4 Å². The summed E-state index contributed by atoms with van der Waals surface area (Å²) in [4.78, 5) is 11.4. The molecule has 0 radical (unpaired) electrons. The first kappa shape index (κ1) is 14.9. The molecule has 2 rings (SSSR count). The maximum absolute atomic E-state index is 11.4. The lowest BCUT2D eigenvalue weighted by molar-refractivity contribution is 0.100. The second-order valence-corrected chi connectivity index (χ2v) is 4.95. The number of aryl methyl sites for hydroxylation is 2. The summed E-state index contributed by atoms with van der Waals surface area (Å²) in [5.41, 5.74) is 16.2. The van der Waals surface area contributed by atoms with Gasteiger partial charge in [-0.3, -0.25) is 4.79 Å². The number of hydrogen-bond acceptors (Lipinski definition) is 3. The predicted octanol–water partition coefficient (Wildman–Crippen LogP) is 3.24. The quantitative estimate of drug-likeness (QED) is 0.737. The number of hydrogen-bond donors (Lipinski definition) is 3. The first-order valence-electron chi connectivity index (χ1n) is 7.13. The molecule has 2 aromatic carbocycles. The molecule has 0 bridgehead atoms. The molecule has 5 N–H and O–H groups in total. The van der Waals surface area contributed by atoms with E-state index in [9.17, 15) is 4.79 Å². The number of rotatable bonds is 5. The Bertz CT molecular complexity index is 643. The van der Waals surface area contributed by atoms with Crippen molar-refractivity contribution in [2.24, 2.45) is 5.73 Å². The fraction of sp³-hybridized carbons (Fsp3) is 0.235. The molecular formula is C17H21N3O. The summed E-state index contributed by atoms with van der Waals surface area (Å²) in [6, 6.07) is 11.5. The molecule has 4 heteroatoms. The fourth-order valence-corrected chi connectivity index (χ4v) is 2.39. The zero-order valence-electron chi connectivity index (χ0n) is 12.4. The average Bonchev–Trinajstić information content (AvgIpc) is 2.49. The van der Waals surface area contributed by atoms with Crippen LogP contribution < -0.4 is 16.8 Å². The van der Waals surface area contributed by atoms with Crippen molar-refractivity contribution < 1.29 is 4.79 Å². The number of benzene rings is 2. The second kappa shape index (κ2) is 6.31. The molecule has 1 amide bonds. The lowest BCUT2D eigenvalue weighted by Crippen LogP contribution is -2.13. The van der Waals surface area contributed by atoms with E-state index >= 15 is 0 Å². The number of carbonyl (C=O) groups excluding carboxylic acids is 1. The van der Waals surface area contributed by atoms with Crippen molar-refractivity contribution in [1.29, 1.82) is 0 Å². The van der Waals surface area contributed by atoms with Gasteiger partial charge in [-0.2, -0.15) is 0 Å². The topological polar surface area (TPSA) is 81.1 Å². The fourth-order valence-electron chi connectivity index (χ4n) is 2.39. The largest absolute Gasteiger partial charge is 0.398 e. The molecule has 0 aliphatic heterocycles. The summed E-state index contributed by atoms with van der Waals surface area (Å²) in [6.45, 7) is 4.25. The zero-order chi connectivity index (χ0) is 15.4. The van der Waals surface area contributed by atoms with Crippen LogP contribution in [0.15, 0.2) is 36.4 Å². The highest BCUT2D eigenvalue weighted by molar-refractivity contribution is 5.99. The molecule has 2 aromatic rings. The van der Waals surface area contributed by atoms with Crippen molar-refractivity contribution in [3.63, 3.8) is 0 Å². The van der Waals surface area contributed by atoms with Gasteiger partial charge in [0.15, 0.2) is 0 Å². The molecule has 0 aliphatic carbocycles. The first-order valence-corrected chi connectivity index (χ1v) is 7.13. The van der Waals surface area contributed by atoms with Crippen LogP contribution in [0.5, 0.6) is 0 Å². The van der Waals surface area contributed by atoms with Crippen molar-refractivity contribution in [3.05, 3.63) is 53.1 Å². The molecule has 0 aliphatic rings. The monoisotopic (exact) mass is 283 g/mol. The predicted molar refractivity (Wildman–Crippen MR) is 87.9 cm³/mol. The van der Waals surface area contributed by atoms with E-state index in [0.717, 1.165) is 24.2 Å². The Kier molecular flexibility index (Phi) is 4.48. The second-order valence-electron chi connectivity index (χ2n) is 4.95. The summed E-state index contributed by atoms with van der Waals surface area (Å²) in [5, 5.41) is 3.40. The molecular weight excluding hydrogens is 262 g/mol. The van der Waals surface area contributed by atoms with Crippen LogP contribution in [0, 0.1) is 0 Å². The molecule has 0 saturated carbocycles. The molecule has 0 heterocycles. The van der Waals surface area contributed by atoms with Gasteiger partial charge >= 0.3 is 0 Å². The summed E-state index contributed by atoms with van der Waals surface area (Å²) in [7, 11) is 0. The number of para-hydroxylation sites is 1.